The van der Waals surface area contributed by atoms with Crippen LogP contribution in [0.15, 0.2) is 35.2 Å². The number of rotatable bonds is 6. The fourth-order valence-corrected chi connectivity index (χ4v) is 4.07. The standard InChI is InChI=1S/C6H9N2O7PS2/c7-8-16(9,14-17(10)11)15-18(12,13)6-4-2-1-3-5-6/h1-5H,7H2,(H,8,9)(H,10,11)/p-1. The van der Waals surface area contributed by atoms with Crippen LogP contribution in [-0.4, -0.2) is 17.2 Å². The van der Waals surface area contributed by atoms with E-state index in [0.29, 0.717) is 0 Å². The second-order valence-corrected chi connectivity index (χ2v) is 6.98. The number of hydrazine groups is 1. The van der Waals surface area contributed by atoms with Gasteiger partial charge in [0.1, 0.15) is 0 Å². The van der Waals surface area contributed by atoms with Crippen molar-refractivity contribution in [2.24, 2.45) is 5.84 Å². The van der Waals surface area contributed by atoms with E-state index in [0.717, 1.165) is 12.1 Å². The van der Waals surface area contributed by atoms with E-state index in [1.807, 2.05) is 0 Å². The quantitative estimate of drug-likeness (QED) is 0.314. The first kappa shape index (κ1) is 15.4. The van der Waals surface area contributed by atoms with Gasteiger partial charge < -0.3 is 4.55 Å². The molecule has 18 heavy (non-hydrogen) atoms. The minimum atomic E-state index is -4.72. The van der Waals surface area contributed by atoms with E-state index >= 15 is 0 Å². The molecule has 2 atom stereocenters. The molecule has 0 fully saturated rings. The summed E-state index contributed by atoms with van der Waals surface area (Å²) in [4.78, 5) is -0.333. The first-order chi connectivity index (χ1) is 8.29. The number of hydrogen-bond donors (Lipinski definition) is 2. The van der Waals surface area contributed by atoms with Crippen molar-refractivity contribution in [3.63, 3.8) is 0 Å². The summed E-state index contributed by atoms with van der Waals surface area (Å²) in [6.45, 7) is 0. The molecule has 102 valence electrons. The number of hydrogen-bond acceptors (Lipinski definition) is 8. The van der Waals surface area contributed by atoms with Crippen LogP contribution >= 0.6 is 7.75 Å². The lowest BCUT2D eigenvalue weighted by molar-refractivity contribution is 0.357. The Morgan fingerprint density at radius 2 is 1.89 bits per heavy atom. The van der Waals surface area contributed by atoms with Gasteiger partial charge in [-0.05, 0) is 12.1 Å². The molecule has 0 amide bonds. The van der Waals surface area contributed by atoms with Gasteiger partial charge in [-0.15, -0.1) is 0 Å². The Kier molecular flexibility index (Phi) is 5.13. The first-order valence-electron chi connectivity index (χ1n) is 4.17. The van der Waals surface area contributed by atoms with Crippen molar-refractivity contribution in [2.75, 3.05) is 0 Å². The zero-order valence-corrected chi connectivity index (χ0v) is 11.1. The Hall–Kier alpha value is -0.650. The fourth-order valence-electron chi connectivity index (χ4n) is 0.895. The van der Waals surface area contributed by atoms with Gasteiger partial charge in [-0.25, -0.2) is 12.7 Å². The summed E-state index contributed by atoms with van der Waals surface area (Å²) in [5.41, 5.74) is 0. The smallest absolute Gasteiger partial charge is 0.445 e. The van der Waals surface area contributed by atoms with Gasteiger partial charge in [0.15, 0.2) is 0 Å². The van der Waals surface area contributed by atoms with Crippen molar-refractivity contribution in [1.29, 1.82) is 0 Å². The highest BCUT2D eigenvalue weighted by atomic mass is 32.2. The molecule has 1 aromatic rings. The third-order valence-electron chi connectivity index (χ3n) is 1.55. The number of nitrogens with two attached hydrogens (primary N) is 1. The minimum absolute atomic E-state index is 0.333. The van der Waals surface area contributed by atoms with Gasteiger partial charge in [0.25, 0.3) is 0 Å². The molecule has 0 aromatic heterocycles. The van der Waals surface area contributed by atoms with Gasteiger partial charge in [0, 0.05) is 0 Å². The summed E-state index contributed by atoms with van der Waals surface area (Å²) >= 11 is -3.27. The van der Waals surface area contributed by atoms with E-state index in [4.69, 9.17) is 5.84 Å². The Labute approximate surface area is 105 Å². The van der Waals surface area contributed by atoms with Crippen LogP contribution in [0.2, 0.25) is 0 Å². The predicted molar refractivity (Wildman–Crippen MR) is 59.6 cm³/mol. The zero-order valence-electron chi connectivity index (χ0n) is 8.59. The molecule has 0 aliphatic carbocycles. The van der Waals surface area contributed by atoms with Gasteiger partial charge in [-0.2, -0.15) is 17.6 Å². The van der Waals surface area contributed by atoms with E-state index in [-0.39, 0.29) is 4.90 Å². The Balaban J connectivity index is 3.02. The third kappa shape index (κ3) is 4.23. The van der Waals surface area contributed by atoms with Crippen LogP contribution in [0.4, 0.5) is 0 Å². The van der Waals surface area contributed by atoms with Gasteiger partial charge in [-0.3, -0.25) is 5.84 Å². The van der Waals surface area contributed by atoms with E-state index in [1.54, 1.807) is 6.07 Å². The Bertz CT molecular complexity index is 575. The predicted octanol–water partition coefficient (Wildman–Crippen LogP) is -0.226. The van der Waals surface area contributed by atoms with Crippen LogP contribution in [0.5, 0.6) is 0 Å². The molecule has 0 aliphatic rings. The maximum Gasteiger partial charge on any atom is 0.445 e. The lowest BCUT2D eigenvalue weighted by Gasteiger charge is -2.16. The molecule has 0 heterocycles. The van der Waals surface area contributed by atoms with Crippen molar-refractivity contribution in [2.45, 2.75) is 4.90 Å². The molecule has 3 N–H and O–H groups in total. The molecule has 12 heteroatoms. The Morgan fingerprint density at radius 3 is 2.33 bits per heavy atom. The summed E-state index contributed by atoms with van der Waals surface area (Å²) in [6, 6.07) is 6.64. The SMILES string of the molecule is NNP(=O)(OS(=O)[O-])OS(=O)(=O)c1ccccc1. The lowest BCUT2D eigenvalue weighted by atomic mass is 10.4. The van der Waals surface area contributed by atoms with Crippen LogP contribution in [0.25, 0.3) is 0 Å². The highest BCUT2D eigenvalue weighted by Crippen LogP contribution is 2.46. The molecule has 0 aliphatic heterocycles. The molecule has 0 radical (unpaired) electrons. The molecule has 9 nitrogen and oxygen atoms in total. The Morgan fingerprint density at radius 1 is 1.33 bits per heavy atom. The first-order valence-corrected chi connectivity index (χ1v) is 8.13. The molecule has 0 saturated heterocycles. The largest absolute Gasteiger partial charge is 0.749 e. The second kappa shape index (κ2) is 5.99. The molecule has 1 rings (SSSR count). The van der Waals surface area contributed by atoms with E-state index < -0.39 is 29.2 Å². The molecule has 2 unspecified atom stereocenters. The van der Waals surface area contributed by atoms with Gasteiger partial charge in [0.05, 0.1) is 16.3 Å². The molecule has 0 saturated carbocycles. The number of benzene rings is 1. The van der Waals surface area contributed by atoms with Gasteiger partial charge in [-0.1, -0.05) is 18.2 Å². The fraction of sp³-hybridized carbons (Fsp3) is 0. The van der Waals surface area contributed by atoms with Crippen molar-refractivity contribution in [3.8, 4) is 0 Å². The van der Waals surface area contributed by atoms with Gasteiger partial charge in [0.2, 0.25) is 0 Å². The average Bonchev–Trinajstić information content (AvgIpc) is 2.28. The van der Waals surface area contributed by atoms with Crippen LogP contribution in [0, 0.1) is 0 Å². The zero-order chi connectivity index (χ0) is 13.8. The normalized spacial score (nSPS) is 17.0. The van der Waals surface area contributed by atoms with Crippen molar-refractivity contribution in [1.82, 2.24) is 5.20 Å². The summed E-state index contributed by atoms with van der Waals surface area (Å²) in [5.74, 6) is 4.74. The van der Waals surface area contributed by atoms with E-state index in [1.165, 1.54) is 17.3 Å². The summed E-state index contributed by atoms with van der Waals surface area (Å²) in [6.07, 6.45) is 0. The summed E-state index contributed by atoms with van der Waals surface area (Å²) in [5, 5.41) is 1.37. The molecule has 0 spiro atoms. The monoisotopic (exact) mass is 315 g/mol. The van der Waals surface area contributed by atoms with Crippen LogP contribution in [0.3, 0.4) is 0 Å². The van der Waals surface area contributed by atoms with Crippen LogP contribution < -0.4 is 11.0 Å². The van der Waals surface area contributed by atoms with E-state index in [9.17, 15) is 21.7 Å². The number of nitrogens with one attached hydrogen (secondary N) is 1. The molecule has 1 aromatic carbocycles. The highest BCUT2D eigenvalue weighted by Gasteiger charge is 2.33. The van der Waals surface area contributed by atoms with Crippen molar-refractivity contribution >= 4 is 29.2 Å². The van der Waals surface area contributed by atoms with Crippen LogP contribution in [-0.2, 0) is 34.0 Å². The van der Waals surface area contributed by atoms with Crippen molar-refractivity contribution < 1.29 is 29.7 Å². The summed E-state index contributed by atoms with van der Waals surface area (Å²) in [7, 11) is -9.20. The molecular weight excluding hydrogens is 307 g/mol. The van der Waals surface area contributed by atoms with Gasteiger partial charge >= 0.3 is 17.9 Å². The topological polar surface area (TPSA) is 148 Å². The maximum absolute atomic E-state index is 11.6. The highest BCUT2D eigenvalue weighted by molar-refractivity contribution is 7.92. The molecule has 0 bridgehead atoms. The average molecular weight is 315 g/mol. The lowest BCUT2D eigenvalue weighted by Crippen LogP contribution is -2.24. The second-order valence-electron chi connectivity index (χ2n) is 2.75. The van der Waals surface area contributed by atoms with Crippen LogP contribution in [0.1, 0.15) is 0 Å². The van der Waals surface area contributed by atoms with E-state index in [2.05, 4.69) is 7.94 Å². The molecular formula is C6H8N2O7PS2-. The summed E-state index contributed by atoms with van der Waals surface area (Å²) < 4.78 is 63.2. The van der Waals surface area contributed by atoms with Crippen molar-refractivity contribution in [3.05, 3.63) is 30.3 Å². The third-order valence-corrected chi connectivity index (χ3v) is 5.55. The minimum Gasteiger partial charge on any atom is -0.749 e. The maximum atomic E-state index is 11.6.